The molecule has 0 saturated heterocycles. The van der Waals surface area contributed by atoms with Gasteiger partial charge in [0.15, 0.2) is 5.78 Å². The van der Waals surface area contributed by atoms with E-state index in [4.69, 9.17) is 11.6 Å². The van der Waals surface area contributed by atoms with Crippen molar-refractivity contribution in [2.24, 2.45) is 0 Å². The molecule has 5 heteroatoms. The number of Topliss-reactive ketones (excluding diaryl/α,β-unsaturated/α-hetero) is 1. The number of amides is 2. The summed E-state index contributed by atoms with van der Waals surface area (Å²) >= 11 is 5.92. The Morgan fingerprint density at radius 2 is 2.06 bits per heavy atom. The Kier molecular flexibility index (Phi) is 2.03. The summed E-state index contributed by atoms with van der Waals surface area (Å²) in [6, 6.07) is 4.44. The van der Waals surface area contributed by atoms with Gasteiger partial charge in [0.1, 0.15) is 0 Å². The number of allylic oxidation sites excluding steroid dienone is 1. The average molecular weight is 249 g/mol. The highest BCUT2D eigenvalue weighted by atomic mass is 35.5. The van der Waals surface area contributed by atoms with Crippen molar-refractivity contribution >= 4 is 23.4 Å². The molecule has 0 saturated carbocycles. The number of hydrogen-bond donors (Lipinski definition) is 2. The zero-order valence-electron chi connectivity index (χ0n) is 9.00. The first kappa shape index (κ1) is 10.4. The molecule has 1 heterocycles. The van der Waals surface area contributed by atoms with Gasteiger partial charge in [-0.1, -0.05) is 11.6 Å². The predicted octanol–water partition coefficient (Wildman–Crippen LogP) is 2.16. The van der Waals surface area contributed by atoms with Gasteiger partial charge >= 0.3 is 6.03 Å². The fourth-order valence-electron chi connectivity index (χ4n) is 2.35. The van der Waals surface area contributed by atoms with Crippen molar-refractivity contribution < 1.29 is 9.59 Å². The summed E-state index contributed by atoms with van der Waals surface area (Å²) in [6.45, 7) is 1.73. The van der Waals surface area contributed by atoms with Gasteiger partial charge in [0.2, 0.25) is 0 Å². The second kappa shape index (κ2) is 3.34. The van der Waals surface area contributed by atoms with Crippen LogP contribution in [0, 0.1) is 0 Å². The molecule has 4 nitrogen and oxygen atoms in total. The number of benzene rings is 1. The van der Waals surface area contributed by atoms with E-state index in [2.05, 4.69) is 10.6 Å². The Bertz CT molecular complexity index is 592. The van der Waals surface area contributed by atoms with Crippen molar-refractivity contribution in [2.75, 3.05) is 0 Å². The molecule has 1 unspecified atom stereocenters. The molecule has 1 atom stereocenters. The lowest BCUT2D eigenvalue weighted by Crippen LogP contribution is -2.42. The molecule has 86 valence electrons. The second-order valence-electron chi connectivity index (χ2n) is 4.13. The van der Waals surface area contributed by atoms with E-state index < -0.39 is 0 Å². The third kappa shape index (κ3) is 1.37. The topological polar surface area (TPSA) is 58.2 Å². The van der Waals surface area contributed by atoms with Crippen molar-refractivity contribution in [2.45, 2.75) is 13.0 Å². The highest BCUT2D eigenvalue weighted by Crippen LogP contribution is 2.39. The van der Waals surface area contributed by atoms with Crippen molar-refractivity contribution in [1.29, 1.82) is 0 Å². The average Bonchev–Trinajstić information content (AvgIpc) is 2.52. The van der Waals surface area contributed by atoms with Crippen LogP contribution in [0.4, 0.5) is 4.79 Å². The Balaban J connectivity index is 2.25. The molecule has 1 aliphatic carbocycles. The maximum atomic E-state index is 12.2. The standard InChI is InChI=1S/C12H9ClN2O2/c1-5-9-10(15-12(17)14-5)8-4-6(13)2-3-7(8)11(9)16/h2-4,10H,1H3,(H2,14,15,17). The molecule has 1 aliphatic heterocycles. The molecule has 3 rings (SSSR count). The fourth-order valence-corrected chi connectivity index (χ4v) is 2.53. The second-order valence-corrected chi connectivity index (χ2v) is 4.57. The van der Waals surface area contributed by atoms with Crippen LogP contribution < -0.4 is 10.6 Å². The third-order valence-electron chi connectivity index (χ3n) is 3.08. The summed E-state index contributed by atoms with van der Waals surface area (Å²) in [5.41, 5.74) is 2.59. The van der Waals surface area contributed by atoms with E-state index in [9.17, 15) is 9.59 Å². The number of hydrogen-bond acceptors (Lipinski definition) is 2. The number of ketones is 1. The molecule has 0 fully saturated rings. The highest BCUT2D eigenvalue weighted by Gasteiger charge is 2.39. The van der Waals surface area contributed by atoms with Crippen molar-refractivity contribution in [3.05, 3.63) is 45.6 Å². The Hall–Kier alpha value is -1.81. The molecule has 2 aliphatic rings. The van der Waals surface area contributed by atoms with Crippen molar-refractivity contribution in [3.8, 4) is 0 Å². The molecule has 2 N–H and O–H groups in total. The lowest BCUT2D eigenvalue weighted by atomic mass is 10.0. The highest BCUT2D eigenvalue weighted by molar-refractivity contribution is 6.31. The van der Waals surface area contributed by atoms with Gasteiger partial charge in [0.25, 0.3) is 0 Å². The monoisotopic (exact) mass is 248 g/mol. The summed E-state index contributed by atoms with van der Waals surface area (Å²) in [5, 5.41) is 5.90. The smallest absolute Gasteiger partial charge is 0.319 e. The summed E-state index contributed by atoms with van der Waals surface area (Å²) < 4.78 is 0. The van der Waals surface area contributed by atoms with Gasteiger partial charge < -0.3 is 10.6 Å². The molecule has 0 radical (unpaired) electrons. The van der Waals surface area contributed by atoms with Gasteiger partial charge in [-0.05, 0) is 30.7 Å². The zero-order chi connectivity index (χ0) is 12.2. The first-order valence-corrected chi connectivity index (χ1v) is 5.58. The number of urea groups is 1. The number of rotatable bonds is 0. The molecule has 2 amide bonds. The summed E-state index contributed by atoms with van der Waals surface area (Å²) in [4.78, 5) is 23.6. The molecule has 1 aromatic rings. The van der Waals surface area contributed by atoms with Crippen LogP contribution in [0.2, 0.25) is 5.02 Å². The fraction of sp³-hybridized carbons (Fsp3) is 0.167. The maximum absolute atomic E-state index is 12.2. The number of carbonyl (C=O) groups is 2. The predicted molar refractivity (Wildman–Crippen MR) is 62.9 cm³/mol. The third-order valence-corrected chi connectivity index (χ3v) is 3.32. The lowest BCUT2D eigenvalue weighted by Gasteiger charge is -2.23. The van der Waals surface area contributed by atoms with Crippen molar-refractivity contribution in [1.82, 2.24) is 10.6 Å². The van der Waals surface area contributed by atoms with E-state index in [0.29, 0.717) is 21.9 Å². The van der Waals surface area contributed by atoms with Crippen LogP contribution in [0.15, 0.2) is 29.5 Å². The molecule has 0 aromatic heterocycles. The van der Waals surface area contributed by atoms with Crippen LogP contribution >= 0.6 is 11.6 Å². The Morgan fingerprint density at radius 3 is 2.82 bits per heavy atom. The van der Waals surface area contributed by atoms with Gasteiger partial charge in [-0.25, -0.2) is 4.79 Å². The number of nitrogens with one attached hydrogen (secondary N) is 2. The first-order valence-electron chi connectivity index (χ1n) is 5.20. The number of fused-ring (bicyclic) bond motifs is 3. The van der Waals surface area contributed by atoms with E-state index in [1.54, 1.807) is 25.1 Å². The molecule has 1 aromatic carbocycles. The van der Waals surface area contributed by atoms with Crippen LogP contribution in [-0.4, -0.2) is 11.8 Å². The van der Waals surface area contributed by atoms with E-state index in [-0.39, 0.29) is 17.9 Å². The van der Waals surface area contributed by atoms with E-state index in [0.717, 1.165) is 5.56 Å². The minimum Gasteiger partial charge on any atom is -0.327 e. The number of halogens is 1. The molecular formula is C12H9ClN2O2. The molecular weight excluding hydrogens is 240 g/mol. The largest absolute Gasteiger partial charge is 0.327 e. The SMILES string of the molecule is CC1=C2C(=O)c3ccc(Cl)cc3C2NC(=O)N1. The van der Waals surface area contributed by atoms with E-state index in [1.807, 2.05) is 0 Å². The maximum Gasteiger partial charge on any atom is 0.319 e. The van der Waals surface area contributed by atoms with Crippen LogP contribution in [0.1, 0.15) is 28.9 Å². The summed E-state index contributed by atoms with van der Waals surface area (Å²) in [5.74, 6) is -0.0494. The van der Waals surface area contributed by atoms with Crippen LogP contribution in [0.3, 0.4) is 0 Å². The zero-order valence-corrected chi connectivity index (χ0v) is 9.76. The molecule has 0 bridgehead atoms. The Morgan fingerprint density at radius 1 is 1.29 bits per heavy atom. The molecule has 0 spiro atoms. The van der Waals surface area contributed by atoms with Gasteiger partial charge in [0, 0.05) is 21.9 Å². The summed E-state index contributed by atoms with van der Waals surface area (Å²) in [7, 11) is 0. The van der Waals surface area contributed by atoms with E-state index in [1.165, 1.54) is 0 Å². The van der Waals surface area contributed by atoms with Gasteiger partial charge in [-0.15, -0.1) is 0 Å². The van der Waals surface area contributed by atoms with Crippen LogP contribution in [0.25, 0.3) is 0 Å². The molecule has 17 heavy (non-hydrogen) atoms. The van der Waals surface area contributed by atoms with Gasteiger partial charge in [-0.3, -0.25) is 4.79 Å². The van der Waals surface area contributed by atoms with Gasteiger partial charge in [-0.2, -0.15) is 0 Å². The summed E-state index contributed by atoms with van der Waals surface area (Å²) in [6.07, 6.45) is 0. The normalized spacial score (nSPS) is 21.9. The van der Waals surface area contributed by atoms with Crippen LogP contribution in [-0.2, 0) is 0 Å². The first-order chi connectivity index (χ1) is 8.08. The quantitative estimate of drug-likeness (QED) is 0.739. The minimum atomic E-state index is -0.370. The van der Waals surface area contributed by atoms with Crippen LogP contribution in [0.5, 0.6) is 0 Å². The Labute approximate surface area is 103 Å². The van der Waals surface area contributed by atoms with Gasteiger partial charge in [0.05, 0.1) is 6.04 Å². The lowest BCUT2D eigenvalue weighted by molar-refractivity contribution is 0.103. The number of carbonyl (C=O) groups excluding carboxylic acids is 2. The van der Waals surface area contributed by atoms with Crippen molar-refractivity contribution in [3.63, 3.8) is 0 Å². The minimum absolute atomic E-state index is 0.0494. The van der Waals surface area contributed by atoms with E-state index >= 15 is 0 Å².